The Labute approximate surface area is 139 Å². The van der Waals surface area contributed by atoms with E-state index < -0.39 is 0 Å². The highest BCUT2D eigenvalue weighted by Crippen LogP contribution is 2.24. The number of H-pyrrole nitrogens is 1. The number of aromatic amines is 1. The van der Waals surface area contributed by atoms with Gasteiger partial charge >= 0.3 is 0 Å². The largest absolute Gasteiger partial charge is 0.472 e. The van der Waals surface area contributed by atoms with E-state index in [1.165, 1.54) is 12.5 Å². The molecule has 1 saturated heterocycles. The highest BCUT2D eigenvalue weighted by Gasteiger charge is 2.26. The van der Waals surface area contributed by atoms with Gasteiger partial charge < -0.3 is 14.6 Å². The summed E-state index contributed by atoms with van der Waals surface area (Å²) in [6, 6.07) is 13.9. The molecular formula is C18H18N4O2. The van der Waals surface area contributed by atoms with Crippen LogP contribution in [0.2, 0.25) is 0 Å². The molecule has 122 valence electrons. The van der Waals surface area contributed by atoms with E-state index in [0.717, 1.165) is 36.6 Å². The van der Waals surface area contributed by atoms with Crippen molar-refractivity contribution in [3.8, 4) is 11.3 Å². The van der Waals surface area contributed by atoms with Crippen LogP contribution in [-0.4, -0.2) is 35.2 Å². The van der Waals surface area contributed by atoms with Crippen LogP contribution in [0.4, 0.5) is 5.82 Å². The lowest BCUT2D eigenvalue weighted by Crippen LogP contribution is -2.37. The number of hydrogen-bond donors (Lipinski definition) is 2. The monoisotopic (exact) mass is 322 g/mol. The average molecular weight is 322 g/mol. The Balaban J connectivity index is 1.40. The fourth-order valence-corrected chi connectivity index (χ4v) is 2.99. The molecule has 0 aliphatic carbocycles. The van der Waals surface area contributed by atoms with Crippen molar-refractivity contribution in [1.82, 2.24) is 15.5 Å². The van der Waals surface area contributed by atoms with Gasteiger partial charge in [0.1, 0.15) is 6.26 Å². The summed E-state index contributed by atoms with van der Waals surface area (Å²) in [5.74, 6) is 0.816. The van der Waals surface area contributed by atoms with E-state index in [2.05, 4.69) is 38.6 Å². The number of carbonyl (C=O) groups excluding carboxylic acids is 1. The maximum Gasteiger partial charge on any atom is 0.254 e. The number of aromatic nitrogens is 2. The lowest BCUT2D eigenvalue weighted by molar-refractivity contribution is 0.0940. The number of carbonyl (C=O) groups is 1. The molecule has 2 N–H and O–H groups in total. The maximum atomic E-state index is 12.1. The number of anilines is 1. The van der Waals surface area contributed by atoms with Gasteiger partial charge in [-0.1, -0.05) is 30.3 Å². The molecule has 1 aromatic carbocycles. The second kappa shape index (κ2) is 6.23. The molecule has 0 bridgehead atoms. The van der Waals surface area contributed by atoms with Crippen molar-refractivity contribution in [2.75, 3.05) is 18.0 Å². The first-order valence-electron chi connectivity index (χ1n) is 7.98. The van der Waals surface area contributed by atoms with Gasteiger partial charge in [0, 0.05) is 25.2 Å². The molecule has 1 amide bonds. The number of furan rings is 1. The topological polar surface area (TPSA) is 74.2 Å². The average Bonchev–Trinajstić information content (AvgIpc) is 3.36. The van der Waals surface area contributed by atoms with E-state index in [1.54, 1.807) is 6.07 Å². The first-order chi connectivity index (χ1) is 11.8. The molecule has 2 aromatic heterocycles. The van der Waals surface area contributed by atoms with Gasteiger partial charge in [-0.15, -0.1) is 0 Å². The second-order valence-electron chi connectivity index (χ2n) is 5.92. The van der Waals surface area contributed by atoms with Crippen molar-refractivity contribution in [3.63, 3.8) is 0 Å². The van der Waals surface area contributed by atoms with Crippen LogP contribution in [0.25, 0.3) is 11.3 Å². The number of hydrogen-bond acceptors (Lipinski definition) is 4. The predicted octanol–water partition coefficient (Wildman–Crippen LogP) is 2.68. The van der Waals surface area contributed by atoms with Crippen molar-refractivity contribution >= 4 is 11.7 Å². The van der Waals surface area contributed by atoms with Gasteiger partial charge in [-0.25, -0.2) is 0 Å². The molecule has 1 fully saturated rings. The van der Waals surface area contributed by atoms with Gasteiger partial charge in [0.05, 0.1) is 17.5 Å². The number of amides is 1. The van der Waals surface area contributed by atoms with E-state index in [9.17, 15) is 4.79 Å². The van der Waals surface area contributed by atoms with Gasteiger partial charge in [0.15, 0.2) is 5.82 Å². The number of nitrogens with one attached hydrogen (secondary N) is 2. The summed E-state index contributed by atoms with van der Waals surface area (Å²) >= 11 is 0. The van der Waals surface area contributed by atoms with E-state index in [0.29, 0.717) is 5.56 Å². The Bertz CT molecular complexity index is 811. The van der Waals surface area contributed by atoms with Crippen LogP contribution in [0, 0.1) is 0 Å². The fourth-order valence-electron chi connectivity index (χ4n) is 2.99. The van der Waals surface area contributed by atoms with Crippen LogP contribution in [0.15, 0.2) is 59.4 Å². The Hall–Kier alpha value is -3.02. The summed E-state index contributed by atoms with van der Waals surface area (Å²) in [7, 11) is 0. The minimum absolute atomic E-state index is 0.0948. The molecule has 3 aromatic rings. The van der Waals surface area contributed by atoms with Gasteiger partial charge in [-0.05, 0) is 18.1 Å². The highest BCUT2D eigenvalue weighted by molar-refractivity contribution is 5.94. The Kier molecular flexibility index (Phi) is 3.78. The van der Waals surface area contributed by atoms with Crippen molar-refractivity contribution in [2.24, 2.45) is 0 Å². The molecule has 6 nitrogen and oxygen atoms in total. The Morgan fingerprint density at radius 3 is 2.96 bits per heavy atom. The van der Waals surface area contributed by atoms with Crippen molar-refractivity contribution in [2.45, 2.75) is 12.5 Å². The number of nitrogens with zero attached hydrogens (tertiary/aromatic N) is 2. The van der Waals surface area contributed by atoms with Gasteiger partial charge in [0.25, 0.3) is 5.91 Å². The molecule has 0 saturated carbocycles. The maximum absolute atomic E-state index is 12.1. The van der Waals surface area contributed by atoms with Crippen LogP contribution in [-0.2, 0) is 0 Å². The lowest BCUT2D eigenvalue weighted by atomic mass is 10.1. The van der Waals surface area contributed by atoms with Gasteiger partial charge in [-0.3, -0.25) is 9.89 Å². The molecule has 1 aliphatic heterocycles. The third-order valence-electron chi connectivity index (χ3n) is 4.28. The molecule has 0 radical (unpaired) electrons. The number of benzene rings is 1. The minimum atomic E-state index is -0.0948. The molecule has 4 rings (SSSR count). The van der Waals surface area contributed by atoms with Crippen LogP contribution in [0.5, 0.6) is 0 Å². The minimum Gasteiger partial charge on any atom is -0.472 e. The summed E-state index contributed by atoms with van der Waals surface area (Å²) in [4.78, 5) is 14.3. The smallest absolute Gasteiger partial charge is 0.254 e. The van der Waals surface area contributed by atoms with Gasteiger partial charge in [0.2, 0.25) is 0 Å². The van der Waals surface area contributed by atoms with Crippen molar-refractivity contribution in [1.29, 1.82) is 0 Å². The number of rotatable bonds is 4. The van der Waals surface area contributed by atoms with E-state index in [-0.39, 0.29) is 11.9 Å². The van der Waals surface area contributed by atoms with Crippen LogP contribution < -0.4 is 10.2 Å². The summed E-state index contributed by atoms with van der Waals surface area (Å²) in [6.07, 6.45) is 3.86. The van der Waals surface area contributed by atoms with Gasteiger partial charge in [-0.2, -0.15) is 5.10 Å². The SMILES string of the molecule is O=C(NC1CCN(c2cc(-c3ccccc3)[nH]n2)C1)c1ccoc1. The second-order valence-corrected chi connectivity index (χ2v) is 5.92. The van der Waals surface area contributed by atoms with Crippen LogP contribution in [0.1, 0.15) is 16.8 Å². The molecule has 6 heteroatoms. The van der Waals surface area contributed by atoms with Crippen LogP contribution in [0.3, 0.4) is 0 Å². The zero-order valence-electron chi connectivity index (χ0n) is 13.1. The zero-order chi connectivity index (χ0) is 16.4. The summed E-state index contributed by atoms with van der Waals surface area (Å²) < 4.78 is 4.95. The highest BCUT2D eigenvalue weighted by atomic mass is 16.3. The third-order valence-corrected chi connectivity index (χ3v) is 4.28. The first kappa shape index (κ1) is 14.6. The molecule has 1 atom stereocenters. The summed E-state index contributed by atoms with van der Waals surface area (Å²) in [5.41, 5.74) is 2.66. The molecule has 3 heterocycles. The van der Waals surface area contributed by atoms with Crippen LogP contribution >= 0.6 is 0 Å². The third kappa shape index (κ3) is 2.90. The standard InChI is InChI=1S/C18H18N4O2/c23-18(14-7-9-24-12-14)19-15-6-8-22(11-15)17-10-16(20-21-17)13-4-2-1-3-5-13/h1-5,7,9-10,12,15H,6,8,11H2,(H,19,23)(H,20,21). The normalized spacial score (nSPS) is 17.2. The summed E-state index contributed by atoms with van der Waals surface area (Å²) in [6.45, 7) is 1.62. The molecular weight excluding hydrogens is 304 g/mol. The molecule has 0 spiro atoms. The summed E-state index contributed by atoms with van der Waals surface area (Å²) in [5, 5.41) is 10.5. The Morgan fingerprint density at radius 2 is 2.17 bits per heavy atom. The first-order valence-corrected chi connectivity index (χ1v) is 7.98. The van der Waals surface area contributed by atoms with Crippen molar-refractivity contribution in [3.05, 3.63) is 60.6 Å². The van der Waals surface area contributed by atoms with E-state index >= 15 is 0 Å². The predicted molar refractivity (Wildman–Crippen MR) is 90.8 cm³/mol. The van der Waals surface area contributed by atoms with E-state index in [4.69, 9.17) is 4.42 Å². The quantitative estimate of drug-likeness (QED) is 0.774. The van der Waals surface area contributed by atoms with Crippen molar-refractivity contribution < 1.29 is 9.21 Å². The van der Waals surface area contributed by atoms with E-state index in [1.807, 2.05) is 18.2 Å². The molecule has 24 heavy (non-hydrogen) atoms. The zero-order valence-corrected chi connectivity index (χ0v) is 13.1. The lowest BCUT2D eigenvalue weighted by Gasteiger charge is -2.15. The fraction of sp³-hybridized carbons (Fsp3) is 0.222. The molecule has 1 unspecified atom stereocenters. The Morgan fingerprint density at radius 1 is 1.29 bits per heavy atom. The molecule has 1 aliphatic rings.